The minimum atomic E-state index is -4.59. The lowest BCUT2D eigenvalue weighted by atomic mass is 9.92. The molecule has 0 aliphatic heterocycles. The van der Waals surface area contributed by atoms with Crippen molar-refractivity contribution in [1.29, 1.82) is 0 Å². The Morgan fingerprint density at radius 1 is 1.04 bits per heavy atom. The molecule has 0 bridgehead atoms. The SMILES string of the molecule is CC(C)(C)c1cc(NC(=O)C(C)(C)S(=O)(=O)c2ccc(C(F)(F)F)cc2)on1. The summed E-state index contributed by atoms with van der Waals surface area (Å²) in [6.07, 6.45) is -4.59. The van der Waals surface area contributed by atoms with E-state index in [1.807, 2.05) is 20.8 Å². The van der Waals surface area contributed by atoms with Gasteiger partial charge in [0.15, 0.2) is 9.84 Å². The Morgan fingerprint density at radius 2 is 1.57 bits per heavy atom. The highest BCUT2D eigenvalue weighted by atomic mass is 32.2. The first-order valence-corrected chi connectivity index (χ1v) is 9.75. The lowest BCUT2D eigenvalue weighted by Crippen LogP contribution is -2.44. The molecule has 0 saturated heterocycles. The molecule has 0 radical (unpaired) electrons. The third-order valence-electron chi connectivity index (χ3n) is 4.23. The van der Waals surface area contributed by atoms with Gasteiger partial charge in [0.25, 0.3) is 0 Å². The highest BCUT2D eigenvalue weighted by Crippen LogP contribution is 2.32. The van der Waals surface area contributed by atoms with Gasteiger partial charge in [-0.05, 0) is 38.1 Å². The molecule has 6 nitrogen and oxygen atoms in total. The van der Waals surface area contributed by atoms with E-state index in [-0.39, 0.29) is 11.3 Å². The van der Waals surface area contributed by atoms with Crippen LogP contribution in [0.3, 0.4) is 0 Å². The van der Waals surface area contributed by atoms with E-state index in [2.05, 4.69) is 10.5 Å². The zero-order valence-corrected chi connectivity index (χ0v) is 16.8. The van der Waals surface area contributed by atoms with E-state index in [9.17, 15) is 26.4 Å². The van der Waals surface area contributed by atoms with Gasteiger partial charge in [-0.25, -0.2) is 8.42 Å². The number of hydrogen-bond donors (Lipinski definition) is 1. The lowest BCUT2D eigenvalue weighted by Gasteiger charge is -2.23. The Kier molecular flexibility index (Phi) is 5.41. The topological polar surface area (TPSA) is 89.3 Å². The average Bonchev–Trinajstić information content (AvgIpc) is 3.02. The van der Waals surface area contributed by atoms with E-state index in [0.717, 1.165) is 26.0 Å². The van der Waals surface area contributed by atoms with Crippen LogP contribution >= 0.6 is 0 Å². The van der Waals surface area contributed by atoms with Crippen molar-refractivity contribution in [2.75, 3.05) is 5.32 Å². The molecule has 2 aromatic rings. The van der Waals surface area contributed by atoms with Crippen LogP contribution in [-0.4, -0.2) is 24.2 Å². The third kappa shape index (κ3) is 4.21. The molecule has 10 heteroatoms. The van der Waals surface area contributed by atoms with E-state index in [1.54, 1.807) is 0 Å². The molecule has 0 unspecified atom stereocenters. The van der Waals surface area contributed by atoms with Gasteiger partial charge in [-0.3, -0.25) is 10.1 Å². The summed E-state index contributed by atoms with van der Waals surface area (Å²) in [5, 5.41) is 6.19. The van der Waals surface area contributed by atoms with Crippen LogP contribution < -0.4 is 5.32 Å². The fourth-order valence-corrected chi connectivity index (χ4v) is 3.57. The summed E-state index contributed by atoms with van der Waals surface area (Å²) >= 11 is 0. The van der Waals surface area contributed by atoms with Gasteiger partial charge in [0, 0.05) is 11.5 Å². The molecule has 0 saturated carbocycles. The Labute approximate surface area is 161 Å². The number of nitrogens with zero attached hydrogens (tertiary/aromatic N) is 1. The van der Waals surface area contributed by atoms with Gasteiger partial charge in [0.05, 0.1) is 16.2 Å². The highest BCUT2D eigenvalue weighted by molar-refractivity contribution is 7.93. The minimum absolute atomic E-state index is 0.0226. The number of carbonyl (C=O) groups is 1. The maximum Gasteiger partial charge on any atom is 0.416 e. The van der Waals surface area contributed by atoms with Gasteiger partial charge in [-0.15, -0.1) is 0 Å². The van der Waals surface area contributed by atoms with Crippen molar-refractivity contribution < 1.29 is 30.9 Å². The fourth-order valence-electron chi connectivity index (χ4n) is 2.19. The number of rotatable bonds is 4. The Morgan fingerprint density at radius 3 is 2.00 bits per heavy atom. The zero-order chi connectivity index (χ0) is 21.5. The molecule has 1 N–H and O–H groups in total. The normalized spacial score (nSPS) is 13.4. The first-order chi connectivity index (χ1) is 12.6. The van der Waals surface area contributed by atoms with Gasteiger partial charge in [0.1, 0.15) is 4.75 Å². The van der Waals surface area contributed by atoms with Crippen molar-refractivity contribution in [3.05, 3.63) is 41.6 Å². The second kappa shape index (κ2) is 6.91. The zero-order valence-electron chi connectivity index (χ0n) is 16.0. The summed E-state index contributed by atoms with van der Waals surface area (Å²) in [5.74, 6) is -0.922. The van der Waals surface area contributed by atoms with Crippen LogP contribution in [0.15, 0.2) is 39.8 Å². The maximum atomic E-state index is 12.8. The van der Waals surface area contributed by atoms with Crippen molar-refractivity contribution in [2.24, 2.45) is 0 Å². The number of amides is 1. The quantitative estimate of drug-likeness (QED) is 0.805. The first kappa shape index (κ1) is 21.9. The van der Waals surface area contributed by atoms with Gasteiger partial charge >= 0.3 is 6.18 Å². The van der Waals surface area contributed by atoms with Crippen LogP contribution in [0, 0.1) is 0 Å². The van der Waals surface area contributed by atoms with Crippen LogP contribution in [-0.2, 0) is 26.2 Å². The second-order valence-electron chi connectivity index (χ2n) is 7.82. The van der Waals surface area contributed by atoms with Gasteiger partial charge in [-0.1, -0.05) is 25.9 Å². The molecule has 1 aromatic heterocycles. The van der Waals surface area contributed by atoms with Gasteiger partial charge in [-0.2, -0.15) is 13.2 Å². The molecule has 0 atom stereocenters. The predicted octanol–water partition coefficient (Wildman–Crippen LogP) is 4.18. The van der Waals surface area contributed by atoms with E-state index in [1.165, 1.54) is 6.07 Å². The fraction of sp³-hybridized carbons (Fsp3) is 0.444. The van der Waals surface area contributed by atoms with Crippen molar-refractivity contribution in [3.8, 4) is 0 Å². The number of carbonyl (C=O) groups excluding carboxylic acids is 1. The summed E-state index contributed by atoms with van der Waals surface area (Å²) in [4.78, 5) is 12.2. The number of halogens is 3. The van der Waals surface area contributed by atoms with Crippen LogP contribution in [0.5, 0.6) is 0 Å². The smallest absolute Gasteiger partial charge is 0.338 e. The molecule has 1 aromatic carbocycles. The molecule has 0 fully saturated rings. The Balaban J connectivity index is 2.28. The van der Waals surface area contributed by atoms with Crippen molar-refractivity contribution in [3.63, 3.8) is 0 Å². The molecular formula is C18H21F3N2O4S. The van der Waals surface area contributed by atoms with E-state index in [0.29, 0.717) is 17.8 Å². The molecule has 154 valence electrons. The van der Waals surface area contributed by atoms with Crippen LogP contribution in [0.1, 0.15) is 45.9 Å². The largest absolute Gasteiger partial charge is 0.416 e. The average molecular weight is 418 g/mol. The molecule has 0 spiro atoms. The van der Waals surface area contributed by atoms with Crippen LogP contribution in [0.4, 0.5) is 19.1 Å². The van der Waals surface area contributed by atoms with Crippen molar-refractivity contribution in [1.82, 2.24) is 5.16 Å². The lowest BCUT2D eigenvalue weighted by molar-refractivity contribution is -0.137. The summed E-state index contributed by atoms with van der Waals surface area (Å²) < 4.78 is 66.7. The molecular weight excluding hydrogens is 397 g/mol. The summed E-state index contributed by atoms with van der Waals surface area (Å²) in [7, 11) is -4.28. The maximum absolute atomic E-state index is 12.8. The third-order valence-corrected chi connectivity index (χ3v) is 6.65. The van der Waals surface area contributed by atoms with Crippen molar-refractivity contribution >= 4 is 21.6 Å². The standard InChI is InChI=1S/C18H21F3N2O4S/c1-16(2,3)13-10-14(27-23-13)22-15(24)17(4,5)28(25,26)12-8-6-11(7-9-12)18(19,20)21/h6-10H,1-5H3,(H,22,24). The highest BCUT2D eigenvalue weighted by Gasteiger charge is 2.43. The number of anilines is 1. The number of alkyl halides is 3. The number of hydrogen-bond acceptors (Lipinski definition) is 5. The van der Waals surface area contributed by atoms with Crippen molar-refractivity contribution in [2.45, 2.75) is 55.9 Å². The van der Waals surface area contributed by atoms with Crippen LogP contribution in [0.2, 0.25) is 0 Å². The van der Waals surface area contributed by atoms with E-state index < -0.39 is 37.1 Å². The number of sulfone groups is 1. The monoisotopic (exact) mass is 418 g/mol. The van der Waals surface area contributed by atoms with E-state index in [4.69, 9.17) is 4.52 Å². The number of nitrogens with one attached hydrogen (secondary N) is 1. The Hall–Kier alpha value is -2.36. The predicted molar refractivity (Wildman–Crippen MR) is 96.5 cm³/mol. The van der Waals surface area contributed by atoms with Gasteiger partial charge in [0.2, 0.25) is 11.8 Å². The number of benzene rings is 1. The molecule has 2 rings (SSSR count). The first-order valence-electron chi connectivity index (χ1n) is 8.27. The Bertz CT molecular complexity index is 969. The molecule has 0 aliphatic carbocycles. The minimum Gasteiger partial charge on any atom is -0.338 e. The number of aromatic nitrogens is 1. The molecule has 0 aliphatic rings. The molecule has 28 heavy (non-hydrogen) atoms. The van der Waals surface area contributed by atoms with Gasteiger partial charge < -0.3 is 4.52 Å². The summed E-state index contributed by atoms with van der Waals surface area (Å²) in [5.41, 5.74) is -0.759. The summed E-state index contributed by atoms with van der Waals surface area (Å²) in [6, 6.07) is 4.47. The second-order valence-corrected chi connectivity index (χ2v) is 10.3. The summed E-state index contributed by atoms with van der Waals surface area (Å²) in [6.45, 7) is 7.98. The molecule has 1 heterocycles. The van der Waals surface area contributed by atoms with Crippen LogP contribution in [0.25, 0.3) is 0 Å². The van der Waals surface area contributed by atoms with E-state index >= 15 is 0 Å². The molecule has 1 amide bonds.